The van der Waals surface area contributed by atoms with Crippen LogP contribution in [0.3, 0.4) is 0 Å². The second kappa shape index (κ2) is 10.4. The molecule has 1 aromatic carbocycles. The third kappa shape index (κ3) is 5.66. The van der Waals surface area contributed by atoms with Crippen molar-refractivity contribution in [2.45, 2.75) is 38.8 Å². The van der Waals surface area contributed by atoms with Crippen molar-refractivity contribution in [2.24, 2.45) is 4.99 Å². The summed E-state index contributed by atoms with van der Waals surface area (Å²) in [4.78, 5) is 20.5. The molecular formula is C19H28IN7O. The quantitative estimate of drug-likeness (QED) is 0.329. The summed E-state index contributed by atoms with van der Waals surface area (Å²) >= 11 is 0. The van der Waals surface area contributed by atoms with Gasteiger partial charge in [0, 0.05) is 38.7 Å². The van der Waals surface area contributed by atoms with Crippen molar-refractivity contribution in [2.75, 3.05) is 20.6 Å². The Labute approximate surface area is 182 Å². The molecule has 2 aromatic rings. The third-order valence-electron chi connectivity index (χ3n) is 4.65. The molecule has 152 valence electrons. The molecule has 1 aliphatic heterocycles. The van der Waals surface area contributed by atoms with Gasteiger partial charge in [0.05, 0.1) is 6.54 Å². The molecule has 28 heavy (non-hydrogen) atoms. The van der Waals surface area contributed by atoms with Gasteiger partial charge in [-0.1, -0.05) is 12.1 Å². The first-order chi connectivity index (χ1) is 13.1. The molecule has 1 unspecified atom stereocenters. The number of rotatable bonds is 5. The molecule has 1 aromatic heterocycles. The largest absolute Gasteiger partial charge is 0.356 e. The number of halogens is 1. The maximum atomic E-state index is 11.7. The lowest BCUT2D eigenvalue weighted by molar-refractivity contribution is 0.0963. The van der Waals surface area contributed by atoms with Crippen molar-refractivity contribution in [1.29, 1.82) is 0 Å². The standard InChI is InChI=1S/C19H27N7O.HI/c1-13-23-17-8-7-16(12-26(17)25-13)24-19(21-3)22-10-9-14-5-4-6-15(11-14)18(27)20-2;/h4-6,11,16H,7-10,12H2,1-3H3,(H,20,27)(H2,21,22,24);1H. The first-order valence-electron chi connectivity index (χ1n) is 9.27. The van der Waals surface area contributed by atoms with Gasteiger partial charge in [-0.3, -0.25) is 9.79 Å². The van der Waals surface area contributed by atoms with Gasteiger partial charge in [0.2, 0.25) is 0 Å². The molecule has 8 nitrogen and oxygen atoms in total. The van der Waals surface area contributed by atoms with Crippen LogP contribution < -0.4 is 16.0 Å². The Morgan fingerprint density at radius 1 is 1.39 bits per heavy atom. The lowest BCUT2D eigenvalue weighted by atomic mass is 10.1. The first kappa shape index (κ1) is 22.1. The van der Waals surface area contributed by atoms with E-state index in [0.29, 0.717) is 5.56 Å². The van der Waals surface area contributed by atoms with Crippen LogP contribution in [0.4, 0.5) is 0 Å². The molecule has 9 heteroatoms. The van der Waals surface area contributed by atoms with Crippen LogP contribution in [0.1, 0.15) is 34.0 Å². The Balaban J connectivity index is 0.00000280. The van der Waals surface area contributed by atoms with E-state index in [1.165, 1.54) is 0 Å². The van der Waals surface area contributed by atoms with E-state index in [9.17, 15) is 4.79 Å². The number of carbonyl (C=O) groups excluding carboxylic acids is 1. The Morgan fingerprint density at radius 2 is 2.21 bits per heavy atom. The molecule has 0 fully saturated rings. The smallest absolute Gasteiger partial charge is 0.251 e. The van der Waals surface area contributed by atoms with E-state index in [1.807, 2.05) is 35.9 Å². The fraction of sp³-hybridized carbons (Fsp3) is 0.474. The molecule has 0 radical (unpaired) electrons. The molecule has 0 bridgehead atoms. The molecule has 2 heterocycles. The van der Waals surface area contributed by atoms with Crippen LogP contribution in [-0.4, -0.2) is 53.3 Å². The molecule has 3 N–H and O–H groups in total. The number of guanidine groups is 1. The Kier molecular flexibility index (Phi) is 8.21. The molecular weight excluding hydrogens is 469 g/mol. The summed E-state index contributed by atoms with van der Waals surface area (Å²) in [5.74, 6) is 2.60. The van der Waals surface area contributed by atoms with E-state index in [0.717, 1.165) is 55.5 Å². The summed E-state index contributed by atoms with van der Waals surface area (Å²) in [6.45, 7) is 3.45. The van der Waals surface area contributed by atoms with Crippen LogP contribution >= 0.6 is 24.0 Å². The van der Waals surface area contributed by atoms with Gasteiger partial charge in [0.25, 0.3) is 5.91 Å². The van der Waals surface area contributed by atoms with Crippen molar-refractivity contribution in [3.05, 3.63) is 47.0 Å². The zero-order valence-electron chi connectivity index (χ0n) is 16.5. The van der Waals surface area contributed by atoms with Crippen molar-refractivity contribution in [3.8, 4) is 0 Å². The number of aromatic nitrogens is 3. The highest BCUT2D eigenvalue weighted by molar-refractivity contribution is 14.0. The SMILES string of the molecule is CN=C(NCCc1cccc(C(=O)NC)c1)NC1CCc2nc(C)nn2C1.I. The van der Waals surface area contributed by atoms with Crippen LogP contribution in [0.25, 0.3) is 0 Å². The molecule has 0 spiro atoms. The topological polar surface area (TPSA) is 96.2 Å². The molecule has 0 aliphatic carbocycles. The van der Waals surface area contributed by atoms with Gasteiger partial charge >= 0.3 is 0 Å². The zero-order chi connectivity index (χ0) is 19.2. The summed E-state index contributed by atoms with van der Waals surface area (Å²) in [5.41, 5.74) is 1.79. The summed E-state index contributed by atoms with van der Waals surface area (Å²) in [5, 5.41) is 13.9. The van der Waals surface area contributed by atoms with Crippen LogP contribution in [0, 0.1) is 6.92 Å². The zero-order valence-corrected chi connectivity index (χ0v) is 18.9. The second-order valence-electron chi connectivity index (χ2n) is 6.67. The highest BCUT2D eigenvalue weighted by Crippen LogP contribution is 2.12. The number of fused-ring (bicyclic) bond motifs is 1. The second-order valence-corrected chi connectivity index (χ2v) is 6.67. The first-order valence-corrected chi connectivity index (χ1v) is 9.27. The summed E-state index contributed by atoms with van der Waals surface area (Å²) in [6.07, 6.45) is 2.73. The number of nitrogens with one attached hydrogen (secondary N) is 3. The lowest BCUT2D eigenvalue weighted by Crippen LogP contribution is -2.47. The van der Waals surface area contributed by atoms with Crippen LogP contribution in [0.15, 0.2) is 29.3 Å². The van der Waals surface area contributed by atoms with Crippen molar-refractivity contribution in [1.82, 2.24) is 30.7 Å². The minimum Gasteiger partial charge on any atom is -0.356 e. The summed E-state index contributed by atoms with van der Waals surface area (Å²) in [7, 11) is 3.41. The number of hydrogen-bond acceptors (Lipinski definition) is 4. The average molecular weight is 497 g/mol. The van der Waals surface area contributed by atoms with Gasteiger partial charge in [0.1, 0.15) is 11.6 Å². The van der Waals surface area contributed by atoms with Crippen molar-refractivity contribution >= 4 is 35.8 Å². The van der Waals surface area contributed by atoms with E-state index in [1.54, 1.807) is 14.1 Å². The lowest BCUT2D eigenvalue weighted by Gasteiger charge is -2.25. The van der Waals surface area contributed by atoms with Crippen LogP contribution in [-0.2, 0) is 19.4 Å². The minimum absolute atomic E-state index is 0. The van der Waals surface area contributed by atoms with Crippen LogP contribution in [0.2, 0.25) is 0 Å². The molecule has 3 rings (SSSR count). The average Bonchev–Trinajstić information content (AvgIpc) is 3.06. The maximum absolute atomic E-state index is 11.7. The van der Waals surface area contributed by atoms with Gasteiger partial charge < -0.3 is 16.0 Å². The minimum atomic E-state index is -0.0673. The van der Waals surface area contributed by atoms with Gasteiger partial charge in [-0.25, -0.2) is 9.67 Å². The summed E-state index contributed by atoms with van der Waals surface area (Å²) in [6, 6.07) is 7.96. The number of amides is 1. The van der Waals surface area contributed by atoms with Crippen LogP contribution in [0.5, 0.6) is 0 Å². The van der Waals surface area contributed by atoms with Gasteiger partial charge in [-0.15, -0.1) is 24.0 Å². The number of nitrogens with zero attached hydrogens (tertiary/aromatic N) is 4. The van der Waals surface area contributed by atoms with Gasteiger partial charge in [-0.2, -0.15) is 5.10 Å². The van der Waals surface area contributed by atoms with Crippen molar-refractivity contribution in [3.63, 3.8) is 0 Å². The number of benzene rings is 1. The Morgan fingerprint density at radius 3 is 2.96 bits per heavy atom. The molecule has 0 saturated heterocycles. The normalized spacial score (nSPS) is 16.0. The monoisotopic (exact) mass is 497 g/mol. The van der Waals surface area contributed by atoms with E-state index >= 15 is 0 Å². The number of aliphatic imine (C=N–C) groups is 1. The maximum Gasteiger partial charge on any atom is 0.251 e. The predicted octanol–water partition coefficient (Wildman–Crippen LogP) is 1.29. The number of carbonyl (C=O) groups is 1. The summed E-state index contributed by atoms with van der Waals surface area (Å²) < 4.78 is 1.98. The number of hydrogen-bond donors (Lipinski definition) is 3. The molecule has 1 aliphatic rings. The molecule has 1 atom stereocenters. The highest BCUT2D eigenvalue weighted by Gasteiger charge is 2.21. The van der Waals surface area contributed by atoms with E-state index < -0.39 is 0 Å². The fourth-order valence-corrected chi connectivity index (χ4v) is 3.28. The van der Waals surface area contributed by atoms with E-state index in [-0.39, 0.29) is 35.9 Å². The number of aryl methyl sites for hydroxylation is 2. The molecule has 1 amide bonds. The highest BCUT2D eigenvalue weighted by atomic mass is 127. The predicted molar refractivity (Wildman–Crippen MR) is 120 cm³/mol. The Hall–Kier alpha value is -2.17. The van der Waals surface area contributed by atoms with E-state index in [4.69, 9.17) is 0 Å². The van der Waals surface area contributed by atoms with Crippen molar-refractivity contribution < 1.29 is 4.79 Å². The fourth-order valence-electron chi connectivity index (χ4n) is 3.28. The third-order valence-corrected chi connectivity index (χ3v) is 4.65. The Bertz CT molecular complexity index is 833. The van der Waals surface area contributed by atoms with E-state index in [2.05, 4.69) is 31.0 Å². The molecule has 0 saturated carbocycles. The van der Waals surface area contributed by atoms with Gasteiger partial charge in [0.15, 0.2) is 5.96 Å². The van der Waals surface area contributed by atoms with Gasteiger partial charge in [-0.05, 0) is 37.5 Å².